The Hall–Kier alpha value is -3.94. The maximum atomic E-state index is 13.1. The number of aromatic amines is 1. The van der Waals surface area contributed by atoms with Crippen LogP contribution in [0, 0.1) is 5.92 Å². The van der Waals surface area contributed by atoms with Crippen molar-refractivity contribution >= 4 is 29.1 Å². The van der Waals surface area contributed by atoms with Crippen LogP contribution in [0.4, 0.5) is 11.4 Å². The molecule has 33 heavy (non-hydrogen) atoms. The van der Waals surface area contributed by atoms with Gasteiger partial charge in [-0.05, 0) is 36.6 Å². The zero-order valence-electron chi connectivity index (χ0n) is 18.2. The molecule has 0 bridgehead atoms. The molecule has 0 saturated heterocycles. The van der Waals surface area contributed by atoms with Crippen molar-refractivity contribution in [3.8, 4) is 0 Å². The topological polar surface area (TPSA) is 116 Å². The van der Waals surface area contributed by atoms with Gasteiger partial charge >= 0.3 is 0 Å². The molecule has 8 heteroatoms. The van der Waals surface area contributed by atoms with Crippen LogP contribution in [0.1, 0.15) is 54.1 Å². The SMILES string of the molecule is O=C(N[C@H](C(=O)Nc1cn[nH]c1)c1ccccc1)c1cccc(NC(=O)C2CCCCC2)c1. The summed E-state index contributed by atoms with van der Waals surface area (Å²) < 4.78 is 0. The zero-order valence-corrected chi connectivity index (χ0v) is 18.2. The van der Waals surface area contributed by atoms with E-state index in [1.165, 1.54) is 12.6 Å². The van der Waals surface area contributed by atoms with Crippen molar-refractivity contribution in [1.82, 2.24) is 15.5 Å². The summed E-state index contributed by atoms with van der Waals surface area (Å²) >= 11 is 0. The maximum Gasteiger partial charge on any atom is 0.252 e. The fourth-order valence-corrected chi connectivity index (χ4v) is 4.04. The normalized spacial score (nSPS) is 14.8. The number of amides is 3. The first kappa shape index (κ1) is 22.3. The van der Waals surface area contributed by atoms with Gasteiger partial charge in [0.15, 0.2) is 0 Å². The number of nitrogens with zero attached hydrogens (tertiary/aromatic N) is 1. The number of carbonyl (C=O) groups excluding carboxylic acids is 3. The lowest BCUT2D eigenvalue weighted by atomic mass is 9.88. The van der Waals surface area contributed by atoms with Gasteiger partial charge in [0.1, 0.15) is 6.04 Å². The fraction of sp³-hybridized carbons (Fsp3) is 0.280. The van der Waals surface area contributed by atoms with Gasteiger partial charge in [0.25, 0.3) is 11.8 Å². The van der Waals surface area contributed by atoms with E-state index >= 15 is 0 Å². The van der Waals surface area contributed by atoms with Gasteiger partial charge in [0, 0.05) is 23.4 Å². The molecule has 2 aromatic carbocycles. The van der Waals surface area contributed by atoms with E-state index in [1.807, 2.05) is 6.07 Å². The predicted octanol–water partition coefficient (Wildman–Crippen LogP) is 4.04. The van der Waals surface area contributed by atoms with E-state index in [-0.39, 0.29) is 11.8 Å². The minimum Gasteiger partial charge on any atom is -0.336 e. The maximum absolute atomic E-state index is 13.1. The van der Waals surface area contributed by atoms with Crippen LogP contribution in [0.5, 0.6) is 0 Å². The van der Waals surface area contributed by atoms with Crippen LogP contribution in [0.3, 0.4) is 0 Å². The third-order valence-electron chi connectivity index (χ3n) is 5.80. The molecule has 1 aliphatic rings. The average Bonchev–Trinajstić information content (AvgIpc) is 3.36. The van der Waals surface area contributed by atoms with Crippen molar-refractivity contribution < 1.29 is 14.4 Å². The van der Waals surface area contributed by atoms with E-state index in [0.29, 0.717) is 22.5 Å². The highest BCUT2D eigenvalue weighted by Crippen LogP contribution is 2.25. The number of hydrogen-bond donors (Lipinski definition) is 4. The molecule has 0 radical (unpaired) electrons. The largest absolute Gasteiger partial charge is 0.336 e. The standard InChI is InChI=1S/C25H27N5O3/c31-23(18-10-5-2-6-11-18)28-20-13-7-12-19(14-20)24(32)30-22(17-8-3-1-4-9-17)25(33)29-21-15-26-27-16-21/h1,3-4,7-9,12-16,18,22H,2,5-6,10-11H2,(H,26,27)(H,28,31)(H,29,33)(H,30,32)/t22-/m0/s1. The summed E-state index contributed by atoms with van der Waals surface area (Å²) in [7, 11) is 0. The molecular weight excluding hydrogens is 418 g/mol. The molecule has 1 aliphatic carbocycles. The lowest BCUT2D eigenvalue weighted by Crippen LogP contribution is -2.37. The number of H-pyrrole nitrogens is 1. The summed E-state index contributed by atoms with van der Waals surface area (Å²) in [6.07, 6.45) is 8.16. The first-order valence-electron chi connectivity index (χ1n) is 11.2. The molecule has 8 nitrogen and oxygen atoms in total. The summed E-state index contributed by atoms with van der Waals surface area (Å²) in [5, 5.41) is 15.0. The van der Waals surface area contributed by atoms with Crippen molar-refractivity contribution in [2.75, 3.05) is 10.6 Å². The summed E-state index contributed by atoms with van der Waals surface area (Å²) in [5.41, 5.74) is 2.07. The van der Waals surface area contributed by atoms with E-state index in [4.69, 9.17) is 0 Å². The molecule has 0 aliphatic heterocycles. The molecule has 4 rings (SSSR count). The van der Waals surface area contributed by atoms with Crippen molar-refractivity contribution in [3.05, 3.63) is 78.1 Å². The van der Waals surface area contributed by atoms with Crippen molar-refractivity contribution in [2.45, 2.75) is 38.1 Å². The number of benzene rings is 2. The minimum atomic E-state index is -0.908. The molecule has 0 spiro atoms. The Morgan fingerprint density at radius 2 is 1.70 bits per heavy atom. The third kappa shape index (κ3) is 5.85. The Balaban J connectivity index is 1.47. The zero-order chi connectivity index (χ0) is 23.0. The molecule has 3 aromatic rings. The van der Waals surface area contributed by atoms with Crippen LogP contribution < -0.4 is 16.0 Å². The van der Waals surface area contributed by atoms with Crippen LogP contribution in [0.15, 0.2) is 67.0 Å². The molecule has 1 saturated carbocycles. The van der Waals surface area contributed by atoms with Crippen LogP contribution >= 0.6 is 0 Å². The molecule has 1 heterocycles. The van der Waals surface area contributed by atoms with Crippen LogP contribution in [-0.2, 0) is 9.59 Å². The quantitative estimate of drug-likeness (QED) is 0.439. The Kier molecular flexibility index (Phi) is 7.14. The Morgan fingerprint density at radius 3 is 2.42 bits per heavy atom. The first-order valence-corrected chi connectivity index (χ1v) is 11.2. The summed E-state index contributed by atoms with van der Waals surface area (Å²) in [4.78, 5) is 38.6. The lowest BCUT2D eigenvalue weighted by molar-refractivity contribution is -0.120. The smallest absolute Gasteiger partial charge is 0.252 e. The number of anilines is 2. The molecule has 1 aromatic heterocycles. The van der Waals surface area contributed by atoms with Crippen LogP contribution in [0.2, 0.25) is 0 Å². The van der Waals surface area contributed by atoms with E-state index in [1.54, 1.807) is 54.7 Å². The second kappa shape index (κ2) is 10.6. The Labute approximate surface area is 192 Å². The van der Waals surface area contributed by atoms with E-state index in [9.17, 15) is 14.4 Å². The van der Waals surface area contributed by atoms with Crippen molar-refractivity contribution in [1.29, 1.82) is 0 Å². The van der Waals surface area contributed by atoms with Crippen LogP contribution in [-0.4, -0.2) is 27.9 Å². The summed E-state index contributed by atoms with van der Waals surface area (Å²) in [6.45, 7) is 0. The number of nitrogens with one attached hydrogen (secondary N) is 4. The molecule has 0 unspecified atom stereocenters. The molecule has 170 valence electrons. The van der Waals surface area contributed by atoms with Gasteiger partial charge in [-0.3, -0.25) is 19.5 Å². The summed E-state index contributed by atoms with van der Waals surface area (Å²) in [5.74, 6) is -0.795. The molecular formula is C25H27N5O3. The van der Waals surface area contributed by atoms with Crippen LogP contribution in [0.25, 0.3) is 0 Å². The van der Waals surface area contributed by atoms with E-state index < -0.39 is 17.9 Å². The highest BCUT2D eigenvalue weighted by molar-refractivity contribution is 6.02. The number of hydrogen-bond acceptors (Lipinski definition) is 4. The highest BCUT2D eigenvalue weighted by atomic mass is 16.2. The Morgan fingerprint density at radius 1 is 0.909 bits per heavy atom. The highest BCUT2D eigenvalue weighted by Gasteiger charge is 2.24. The van der Waals surface area contributed by atoms with E-state index in [2.05, 4.69) is 26.1 Å². The number of rotatable bonds is 7. The number of carbonyl (C=O) groups is 3. The predicted molar refractivity (Wildman–Crippen MR) is 126 cm³/mol. The van der Waals surface area contributed by atoms with E-state index in [0.717, 1.165) is 25.7 Å². The average molecular weight is 446 g/mol. The van der Waals surface area contributed by atoms with Gasteiger partial charge < -0.3 is 16.0 Å². The second-order valence-corrected chi connectivity index (χ2v) is 8.20. The lowest BCUT2D eigenvalue weighted by Gasteiger charge is -2.21. The van der Waals surface area contributed by atoms with Gasteiger partial charge in [-0.25, -0.2) is 0 Å². The Bertz CT molecular complexity index is 1090. The number of aromatic nitrogens is 2. The second-order valence-electron chi connectivity index (χ2n) is 8.20. The molecule has 3 amide bonds. The van der Waals surface area contributed by atoms with Gasteiger partial charge in [-0.2, -0.15) is 5.10 Å². The fourth-order valence-electron chi connectivity index (χ4n) is 4.04. The first-order chi connectivity index (χ1) is 16.1. The van der Waals surface area contributed by atoms with Gasteiger partial charge in [-0.15, -0.1) is 0 Å². The molecule has 1 atom stereocenters. The van der Waals surface area contributed by atoms with Crippen molar-refractivity contribution in [3.63, 3.8) is 0 Å². The van der Waals surface area contributed by atoms with Gasteiger partial charge in [0.2, 0.25) is 5.91 Å². The monoisotopic (exact) mass is 445 g/mol. The van der Waals surface area contributed by atoms with Gasteiger partial charge in [-0.1, -0.05) is 55.7 Å². The molecule has 1 fully saturated rings. The van der Waals surface area contributed by atoms with Gasteiger partial charge in [0.05, 0.1) is 11.9 Å². The third-order valence-corrected chi connectivity index (χ3v) is 5.80. The van der Waals surface area contributed by atoms with Crippen molar-refractivity contribution in [2.24, 2.45) is 5.92 Å². The molecule has 4 N–H and O–H groups in total. The summed E-state index contributed by atoms with van der Waals surface area (Å²) in [6, 6.07) is 14.9. The minimum absolute atomic E-state index is 0.00564.